The highest BCUT2D eigenvalue weighted by Crippen LogP contribution is 2.32. The predicted molar refractivity (Wildman–Crippen MR) is 126 cm³/mol. The molecule has 1 amide bonds. The lowest BCUT2D eigenvalue weighted by molar-refractivity contribution is -0.901. The minimum absolute atomic E-state index is 0.0626. The lowest BCUT2D eigenvalue weighted by Crippen LogP contribution is -2.49. The number of likely N-dealkylation sites (N-methyl/N-ethyl adjacent to an activating group) is 1. The van der Waals surface area contributed by atoms with Gasteiger partial charge in [0, 0.05) is 32.1 Å². The van der Waals surface area contributed by atoms with Crippen molar-refractivity contribution in [2.24, 2.45) is 0 Å². The fourth-order valence-corrected chi connectivity index (χ4v) is 3.61. The monoisotopic (exact) mass is 458 g/mol. The number of carbonyl (C=O) groups is 1. The molecule has 0 saturated heterocycles. The van der Waals surface area contributed by atoms with E-state index >= 15 is 0 Å². The molecule has 0 aliphatic heterocycles. The van der Waals surface area contributed by atoms with Crippen LogP contribution in [-0.2, 0) is 22.4 Å². The van der Waals surface area contributed by atoms with Crippen LogP contribution in [0.3, 0.4) is 0 Å². The topological polar surface area (TPSA) is 89.9 Å². The number of amides is 1. The summed E-state index contributed by atoms with van der Waals surface area (Å²) in [4.78, 5) is 31.9. The molecule has 8 nitrogen and oxygen atoms in total. The van der Waals surface area contributed by atoms with E-state index in [4.69, 9.17) is 9.79 Å². The second kappa shape index (κ2) is 12.1. The van der Waals surface area contributed by atoms with Gasteiger partial charge in [0.1, 0.15) is 6.54 Å². The van der Waals surface area contributed by atoms with Gasteiger partial charge >= 0.3 is 7.60 Å². The highest BCUT2D eigenvalue weighted by atomic mass is 31.2. The second-order valence-electron chi connectivity index (χ2n) is 9.69. The van der Waals surface area contributed by atoms with Crippen LogP contribution >= 0.6 is 7.60 Å². The van der Waals surface area contributed by atoms with Crippen LogP contribution in [-0.4, -0.2) is 103 Å². The van der Waals surface area contributed by atoms with Gasteiger partial charge in [-0.25, -0.2) is 0 Å². The highest BCUT2D eigenvalue weighted by molar-refractivity contribution is 7.51. The Morgan fingerprint density at radius 3 is 2.10 bits per heavy atom. The molecule has 0 saturated carbocycles. The lowest BCUT2D eigenvalue weighted by atomic mass is 10.1. The van der Waals surface area contributed by atoms with E-state index in [2.05, 4.69) is 64.7 Å². The van der Waals surface area contributed by atoms with Crippen LogP contribution in [0.15, 0.2) is 24.3 Å². The van der Waals surface area contributed by atoms with Gasteiger partial charge in [0.25, 0.3) is 0 Å². The minimum Gasteiger partial charge on any atom is -0.333 e. The average Bonchev–Trinajstić information content (AvgIpc) is 2.64. The van der Waals surface area contributed by atoms with Crippen molar-refractivity contribution < 1.29 is 28.1 Å². The molecule has 1 aromatic rings. The molecule has 0 aromatic heterocycles. The Balaban J connectivity index is 2.53. The summed E-state index contributed by atoms with van der Waals surface area (Å²) < 4.78 is 12.6. The van der Waals surface area contributed by atoms with E-state index in [-0.39, 0.29) is 12.1 Å². The number of rotatable bonds is 14. The zero-order valence-electron chi connectivity index (χ0n) is 20.2. The van der Waals surface area contributed by atoms with E-state index in [1.54, 1.807) is 6.92 Å². The first kappa shape index (κ1) is 27.8. The highest BCUT2D eigenvalue weighted by Gasteiger charge is 2.19. The molecule has 0 atom stereocenters. The number of benzene rings is 1. The van der Waals surface area contributed by atoms with Crippen LogP contribution in [0, 0.1) is 0 Å². The van der Waals surface area contributed by atoms with Gasteiger partial charge < -0.3 is 29.0 Å². The smallest absolute Gasteiger partial charge is 0.326 e. The Labute approximate surface area is 188 Å². The van der Waals surface area contributed by atoms with Crippen molar-refractivity contribution in [2.75, 3.05) is 73.6 Å². The molecular weight excluding hydrogens is 415 g/mol. The van der Waals surface area contributed by atoms with Crippen LogP contribution < -0.4 is 5.32 Å². The molecule has 0 aliphatic rings. The fraction of sp³-hybridized carbons (Fsp3) is 0.682. The van der Waals surface area contributed by atoms with E-state index < -0.39 is 7.60 Å². The van der Waals surface area contributed by atoms with Crippen LogP contribution in [0.1, 0.15) is 25.0 Å². The summed E-state index contributed by atoms with van der Waals surface area (Å²) in [7, 11) is 4.70. The van der Waals surface area contributed by atoms with E-state index in [9.17, 15) is 9.36 Å². The van der Waals surface area contributed by atoms with Crippen molar-refractivity contribution in [1.29, 1.82) is 0 Å². The summed E-state index contributed by atoms with van der Waals surface area (Å²) >= 11 is 0. The van der Waals surface area contributed by atoms with Gasteiger partial charge in [-0.05, 0) is 12.5 Å². The number of hydrogen-bond donors (Lipinski definition) is 3. The van der Waals surface area contributed by atoms with Gasteiger partial charge in [-0.15, -0.1) is 0 Å². The number of nitrogens with zero attached hydrogens (tertiary/aromatic N) is 3. The summed E-state index contributed by atoms with van der Waals surface area (Å²) in [5.41, 5.74) is 2.43. The first-order valence-corrected chi connectivity index (χ1v) is 12.8. The predicted octanol–water partition coefficient (Wildman–Crippen LogP) is 1.48. The van der Waals surface area contributed by atoms with Crippen LogP contribution in [0.4, 0.5) is 0 Å². The van der Waals surface area contributed by atoms with E-state index in [0.29, 0.717) is 26.2 Å². The van der Waals surface area contributed by atoms with Crippen LogP contribution in [0.5, 0.6) is 0 Å². The molecule has 0 spiro atoms. The molecule has 3 N–H and O–H groups in total. The molecule has 0 aliphatic carbocycles. The maximum absolute atomic E-state index is 12.2. The Bertz CT molecular complexity index is 732. The SMILES string of the molecule is CC[N+](C)(C)Cc1ccc(CN(CC[N+](C)(C)CCNCCP(=O)(O)O)C(C)=O)cc1. The summed E-state index contributed by atoms with van der Waals surface area (Å²) in [5, 5.41) is 3.08. The van der Waals surface area contributed by atoms with Gasteiger partial charge in [0.05, 0.1) is 60.5 Å². The summed E-state index contributed by atoms with van der Waals surface area (Å²) in [6.45, 7) is 9.71. The van der Waals surface area contributed by atoms with Gasteiger partial charge in [-0.1, -0.05) is 24.3 Å². The molecule has 0 heterocycles. The average molecular weight is 459 g/mol. The zero-order valence-corrected chi connectivity index (χ0v) is 21.1. The third-order valence-electron chi connectivity index (χ3n) is 5.76. The number of quaternary nitrogens is 2. The second-order valence-corrected chi connectivity index (χ2v) is 11.5. The van der Waals surface area contributed by atoms with Crippen molar-refractivity contribution >= 4 is 13.5 Å². The molecule has 0 radical (unpaired) electrons. The molecular formula is C22H43N4O4P+2. The van der Waals surface area contributed by atoms with Gasteiger partial charge in [-0.3, -0.25) is 9.36 Å². The molecule has 0 fully saturated rings. The Morgan fingerprint density at radius 1 is 1.00 bits per heavy atom. The molecule has 0 unspecified atom stereocenters. The minimum atomic E-state index is -3.95. The Hall–Kier alpha value is -1.28. The molecule has 1 rings (SSSR count). The van der Waals surface area contributed by atoms with Crippen molar-refractivity contribution in [3.63, 3.8) is 0 Å². The fourth-order valence-electron chi connectivity index (χ4n) is 3.16. The molecule has 1 aromatic carbocycles. The lowest BCUT2D eigenvalue weighted by Gasteiger charge is -2.32. The van der Waals surface area contributed by atoms with Crippen molar-refractivity contribution in [3.05, 3.63) is 35.4 Å². The Morgan fingerprint density at radius 2 is 1.58 bits per heavy atom. The van der Waals surface area contributed by atoms with Gasteiger partial charge in [0.2, 0.25) is 5.91 Å². The third-order valence-corrected chi connectivity index (χ3v) is 6.56. The van der Waals surface area contributed by atoms with Gasteiger partial charge in [-0.2, -0.15) is 0 Å². The summed E-state index contributed by atoms with van der Waals surface area (Å²) in [6.07, 6.45) is -0.147. The first-order chi connectivity index (χ1) is 14.2. The summed E-state index contributed by atoms with van der Waals surface area (Å²) in [6, 6.07) is 8.55. The first-order valence-electron chi connectivity index (χ1n) is 11.0. The van der Waals surface area contributed by atoms with Crippen molar-refractivity contribution in [3.8, 4) is 0 Å². The standard InChI is InChI=1S/C22H41N4O4P/c1-7-25(3,4)19-22-10-8-21(9-11-22)18-24(20(2)27)14-16-26(5,6)15-12-23-13-17-31(28,29)30/h8-11,23H,7,12-19H2,1-6H3/p+2. The van der Waals surface area contributed by atoms with Crippen LogP contribution in [0.25, 0.3) is 0 Å². The van der Waals surface area contributed by atoms with Gasteiger partial charge in [0.15, 0.2) is 0 Å². The Kier molecular flexibility index (Phi) is 10.8. The number of carbonyl (C=O) groups excluding carboxylic acids is 1. The third kappa shape index (κ3) is 12.4. The largest absolute Gasteiger partial charge is 0.333 e. The maximum Gasteiger partial charge on any atom is 0.326 e. The quantitative estimate of drug-likeness (QED) is 0.223. The molecule has 31 heavy (non-hydrogen) atoms. The van der Waals surface area contributed by atoms with E-state index in [0.717, 1.165) is 40.7 Å². The molecule has 9 heteroatoms. The summed E-state index contributed by atoms with van der Waals surface area (Å²) in [5.74, 6) is 0.0626. The zero-order chi connectivity index (χ0) is 23.7. The van der Waals surface area contributed by atoms with Crippen LogP contribution in [0.2, 0.25) is 0 Å². The number of hydrogen-bond acceptors (Lipinski definition) is 3. The number of nitrogens with one attached hydrogen (secondary N) is 1. The van der Waals surface area contributed by atoms with E-state index in [1.807, 2.05) is 4.90 Å². The molecule has 178 valence electrons. The van der Waals surface area contributed by atoms with Crippen molar-refractivity contribution in [2.45, 2.75) is 26.9 Å². The van der Waals surface area contributed by atoms with Crippen molar-refractivity contribution in [1.82, 2.24) is 10.2 Å². The normalized spacial score (nSPS) is 12.8. The molecule has 0 bridgehead atoms. The maximum atomic E-state index is 12.2. The van der Waals surface area contributed by atoms with E-state index in [1.165, 1.54) is 5.56 Å².